The van der Waals surface area contributed by atoms with Gasteiger partial charge in [0, 0.05) is 33.8 Å². The van der Waals surface area contributed by atoms with Crippen LogP contribution in [-0.2, 0) is 21.4 Å². The molecular weight excluding hydrogens is 520 g/mol. The smallest absolute Gasteiger partial charge is 0.325 e. The number of hydrogen-bond donors (Lipinski definition) is 2. The highest BCUT2D eigenvalue weighted by molar-refractivity contribution is 7.91. The number of aromatic nitrogens is 1. The molecule has 2 aromatic heterocycles. The van der Waals surface area contributed by atoms with E-state index in [0.29, 0.717) is 22.9 Å². The van der Waals surface area contributed by atoms with Crippen LogP contribution in [0.15, 0.2) is 89.4 Å². The first-order chi connectivity index (χ1) is 17.3. The largest absolute Gasteiger partial charge is 0.489 e. The van der Waals surface area contributed by atoms with E-state index < -0.39 is 27.4 Å². The number of carbonyl (C=O) groups is 1. The summed E-state index contributed by atoms with van der Waals surface area (Å²) in [5, 5.41) is 10.6. The van der Waals surface area contributed by atoms with E-state index in [1.165, 1.54) is 6.07 Å². The highest BCUT2D eigenvalue weighted by Crippen LogP contribution is 2.53. The Labute approximate surface area is 217 Å². The van der Waals surface area contributed by atoms with Gasteiger partial charge in [-0.1, -0.05) is 41.9 Å². The fourth-order valence-electron chi connectivity index (χ4n) is 4.05. The topological polar surface area (TPSA) is 106 Å². The fraction of sp³-hybridized carbons (Fsp3) is 0.154. The van der Waals surface area contributed by atoms with Crippen LogP contribution in [0, 0.1) is 0 Å². The van der Waals surface area contributed by atoms with Crippen molar-refractivity contribution in [1.82, 2.24) is 9.71 Å². The average molecular weight is 541 g/mol. The number of halogens is 1. The third-order valence-electron chi connectivity index (χ3n) is 6.02. The molecule has 1 aliphatic carbocycles. The molecule has 2 aromatic carbocycles. The molecule has 0 spiro atoms. The lowest BCUT2D eigenvalue weighted by atomic mass is 10.1. The standard InChI is InChI=1S/C26H21ClN2O5S2/c27-20-8-6-18(7-9-20)23-10-11-24(35-23)36(32,33)29-26(25(30)31)14-22(26)19-4-1-5-21(13-19)34-16-17-3-2-12-28-15-17/h1-13,15,22,29H,14,16H2,(H,30,31). The number of hydrogen-bond acceptors (Lipinski definition) is 6. The second-order valence-electron chi connectivity index (χ2n) is 8.49. The van der Waals surface area contributed by atoms with Crippen molar-refractivity contribution in [3.05, 3.63) is 101 Å². The Morgan fingerprint density at radius 1 is 1.14 bits per heavy atom. The number of aliphatic carboxylic acids is 1. The van der Waals surface area contributed by atoms with E-state index in [1.54, 1.807) is 67.0 Å². The first kappa shape index (κ1) is 24.5. The molecule has 1 fully saturated rings. The van der Waals surface area contributed by atoms with Gasteiger partial charge in [-0.3, -0.25) is 9.78 Å². The number of nitrogens with zero attached hydrogens (tertiary/aromatic N) is 1. The summed E-state index contributed by atoms with van der Waals surface area (Å²) in [6, 6.07) is 21.0. The predicted molar refractivity (Wildman–Crippen MR) is 138 cm³/mol. The molecule has 2 unspecified atom stereocenters. The zero-order valence-corrected chi connectivity index (χ0v) is 21.2. The lowest BCUT2D eigenvalue weighted by Crippen LogP contribution is -2.44. The van der Waals surface area contributed by atoms with Crippen molar-refractivity contribution in [2.24, 2.45) is 0 Å². The minimum atomic E-state index is -4.07. The number of carboxylic acid groups (broad SMARTS) is 1. The summed E-state index contributed by atoms with van der Waals surface area (Å²) < 4.78 is 34.7. The van der Waals surface area contributed by atoms with Crippen molar-refractivity contribution in [3.63, 3.8) is 0 Å². The van der Waals surface area contributed by atoms with Gasteiger partial charge in [-0.05, 0) is 60.0 Å². The first-order valence-corrected chi connectivity index (χ1v) is 13.7. The second-order valence-corrected chi connectivity index (χ2v) is 11.9. The van der Waals surface area contributed by atoms with Gasteiger partial charge in [0.05, 0.1) is 0 Å². The third kappa shape index (κ3) is 5.01. The summed E-state index contributed by atoms with van der Waals surface area (Å²) in [4.78, 5) is 17.1. The Morgan fingerprint density at radius 3 is 2.67 bits per heavy atom. The van der Waals surface area contributed by atoms with Crippen molar-refractivity contribution < 1.29 is 23.1 Å². The second kappa shape index (κ2) is 9.67. The van der Waals surface area contributed by atoms with E-state index >= 15 is 0 Å². The Hall–Kier alpha value is -3.24. The van der Waals surface area contributed by atoms with E-state index in [-0.39, 0.29) is 10.6 Å². The van der Waals surface area contributed by atoms with E-state index in [2.05, 4.69) is 9.71 Å². The monoisotopic (exact) mass is 540 g/mol. The lowest BCUT2D eigenvalue weighted by molar-refractivity contribution is -0.140. The van der Waals surface area contributed by atoms with Crippen LogP contribution in [0.1, 0.15) is 23.5 Å². The Bertz CT molecular complexity index is 1510. The van der Waals surface area contributed by atoms with Crippen LogP contribution >= 0.6 is 22.9 Å². The number of carboxylic acids is 1. The molecule has 0 bridgehead atoms. The molecule has 2 atom stereocenters. The minimum absolute atomic E-state index is 0.0484. The van der Waals surface area contributed by atoms with Gasteiger partial charge >= 0.3 is 5.97 Å². The summed E-state index contributed by atoms with van der Waals surface area (Å²) in [6.45, 7) is 0.312. The number of sulfonamides is 1. The molecule has 1 aliphatic rings. The van der Waals surface area contributed by atoms with Crippen LogP contribution in [0.5, 0.6) is 5.75 Å². The molecule has 1 saturated carbocycles. The summed E-state index contributed by atoms with van der Waals surface area (Å²) in [6.07, 6.45) is 3.53. The predicted octanol–water partition coefficient (Wildman–Crippen LogP) is 5.33. The normalized spacial score (nSPS) is 19.1. The van der Waals surface area contributed by atoms with Crippen molar-refractivity contribution in [3.8, 4) is 16.2 Å². The highest BCUT2D eigenvalue weighted by Gasteiger charge is 2.63. The zero-order chi connectivity index (χ0) is 25.3. The van der Waals surface area contributed by atoms with Gasteiger partial charge in [0.25, 0.3) is 10.0 Å². The molecule has 5 rings (SSSR count). The minimum Gasteiger partial charge on any atom is -0.489 e. The van der Waals surface area contributed by atoms with Gasteiger partial charge in [-0.2, -0.15) is 4.72 Å². The molecule has 2 heterocycles. The Balaban J connectivity index is 1.33. The molecule has 7 nitrogen and oxygen atoms in total. The van der Waals surface area contributed by atoms with Gasteiger partial charge in [-0.15, -0.1) is 11.3 Å². The van der Waals surface area contributed by atoms with Crippen molar-refractivity contribution in [2.75, 3.05) is 0 Å². The molecule has 0 saturated heterocycles. The fourth-order valence-corrected chi connectivity index (χ4v) is 6.90. The van der Waals surface area contributed by atoms with Gasteiger partial charge in [0.1, 0.15) is 22.1 Å². The maximum absolute atomic E-state index is 13.2. The van der Waals surface area contributed by atoms with E-state index in [4.69, 9.17) is 16.3 Å². The summed E-state index contributed by atoms with van der Waals surface area (Å²) in [5.74, 6) is -1.18. The molecule has 2 N–H and O–H groups in total. The molecule has 0 aliphatic heterocycles. The Kier molecular flexibility index (Phi) is 6.57. The van der Waals surface area contributed by atoms with E-state index in [0.717, 1.165) is 27.3 Å². The summed E-state index contributed by atoms with van der Waals surface area (Å²) in [7, 11) is -4.07. The van der Waals surface area contributed by atoms with Crippen molar-refractivity contribution in [2.45, 2.75) is 28.7 Å². The van der Waals surface area contributed by atoms with Crippen LogP contribution in [0.2, 0.25) is 5.02 Å². The molecule has 184 valence electrons. The molecule has 4 aromatic rings. The quantitative estimate of drug-likeness (QED) is 0.297. The third-order valence-corrected chi connectivity index (χ3v) is 9.41. The van der Waals surface area contributed by atoms with Crippen LogP contribution in [0.3, 0.4) is 0 Å². The highest BCUT2D eigenvalue weighted by atomic mass is 35.5. The zero-order valence-electron chi connectivity index (χ0n) is 18.8. The number of ether oxygens (including phenoxy) is 1. The summed E-state index contributed by atoms with van der Waals surface area (Å²) >= 11 is 7.01. The SMILES string of the molecule is O=C(O)C1(NS(=O)(=O)c2ccc(-c3ccc(Cl)cc3)s2)CC1c1cccc(OCc2cccnc2)c1. The van der Waals surface area contributed by atoms with E-state index in [1.807, 2.05) is 12.1 Å². The number of pyridine rings is 1. The maximum atomic E-state index is 13.2. The molecule has 10 heteroatoms. The van der Waals surface area contributed by atoms with Crippen molar-refractivity contribution >= 4 is 38.9 Å². The molecule has 36 heavy (non-hydrogen) atoms. The molecule has 0 amide bonds. The van der Waals surface area contributed by atoms with Gasteiger partial charge in [-0.25, -0.2) is 8.42 Å². The average Bonchev–Trinajstić information content (AvgIpc) is 3.37. The summed E-state index contributed by atoms with van der Waals surface area (Å²) in [5.41, 5.74) is 0.796. The van der Waals surface area contributed by atoms with Gasteiger partial charge in [0.15, 0.2) is 0 Å². The number of benzene rings is 2. The lowest BCUT2D eigenvalue weighted by Gasteiger charge is -2.15. The van der Waals surface area contributed by atoms with E-state index in [9.17, 15) is 18.3 Å². The first-order valence-electron chi connectivity index (χ1n) is 11.0. The van der Waals surface area contributed by atoms with Gasteiger partial charge < -0.3 is 9.84 Å². The van der Waals surface area contributed by atoms with Gasteiger partial charge in [0.2, 0.25) is 0 Å². The van der Waals surface area contributed by atoms with Crippen LogP contribution < -0.4 is 9.46 Å². The van der Waals surface area contributed by atoms with Crippen molar-refractivity contribution in [1.29, 1.82) is 0 Å². The number of thiophene rings is 1. The molecular formula is C26H21ClN2O5S2. The maximum Gasteiger partial charge on any atom is 0.325 e. The number of rotatable bonds is 9. The molecule has 0 radical (unpaired) electrons. The van der Waals surface area contributed by atoms with Crippen LogP contribution in [0.25, 0.3) is 10.4 Å². The van der Waals surface area contributed by atoms with Crippen LogP contribution in [-0.4, -0.2) is 30.0 Å². The Morgan fingerprint density at radius 2 is 1.94 bits per heavy atom. The number of nitrogens with one attached hydrogen (secondary N) is 1. The van der Waals surface area contributed by atoms with Crippen LogP contribution in [0.4, 0.5) is 0 Å².